The SMILES string of the molecule is COc1ccc(-c2ccc3c(N4CCOC[C@@H]4C)nc(N4CCC5(CCCO5)CC4)nc3n2)cc1CO. The lowest BCUT2D eigenvalue weighted by atomic mass is 9.89. The molecule has 1 N–H and O–H groups in total. The molecule has 3 aromatic rings. The van der Waals surface area contributed by atoms with Crippen molar-refractivity contribution in [3.05, 3.63) is 35.9 Å². The average molecular weight is 506 g/mol. The van der Waals surface area contributed by atoms with Gasteiger partial charge in [-0.1, -0.05) is 0 Å². The van der Waals surface area contributed by atoms with Gasteiger partial charge >= 0.3 is 0 Å². The Bertz CT molecular complexity index is 1270. The van der Waals surface area contributed by atoms with Crippen LogP contribution in [0.3, 0.4) is 0 Å². The van der Waals surface area contributed by atoms with Gasteiger partial charge in [-0.3, -0.25) is 0 Å². The van der Waals surface area contributed by atoms with Gasteiger partial charge in [-0.15, -0.1) is 0 Å². The van der Waals surface area contributed by atoms with Crippen LogP contribution in [-0.4, -0.2) is 78.3 Å². The molecule has 0 saturated carbocycles. The summed E-state index contributed by atoms with van der Waals surface area (Å²) in [6.07, 6.45) is 4.31. The number of rotatable bonds is 5. The van der Waals surface area contributed by atoms with Crippen LogP contribution in [0.15, 0.2) is 30.3 Å². The lowest BCUT2D eigenvalue weighted by Gasteiger charge is -2.39. The van der Waals surface area contributed by atoms with Crippen molar-refractivity contribution in [3.63, 3.8) is 0 Å². The smallest absolute Gasteiger partial charge is 0.229 e. The van der Waals surface area contributed by atoms with Crippen molar-refractivity contribution in [3.8, 4) is 17.0 Å². The van der Waals surface area contributed by atoms with Gasteiger partial charge in [-0.2, -0.15) is 9.97 Å². The van der Waals surface area contributed by atoms with Crippen LogP contribution >= 0.6 is 0 Å². The molecule has 0 unspecified atom stereocenters. The number of piperidine rings is 1. The van der Waals surface area contributed by atoms with Crippen LogP contribution in [0, 0.1) is 0 Å². The van der Waals surface area contributed by atoms with E-state index in [9.17, 15) is 5.11 Å². The Kier molecular flexibility index (Phi) is 6.60. The fourth-order valence-corrected chi connectivity index (χ4v) is 5.87. The molecule has 9 nitrogen and oxygen atoms in total. The third-order valence-corrected chi connectivity index (χ3v) is 8.06. The first-order valence-corrected chi connectivity index (χ1v) is 13.3. The van der Waals surface area contributed by atoms with E-state index in [0.717, 1.165) is 85.9 Å². The fourth-order valence-electron chi connectivity index (χ4n) is 5.87. The van der Waals surface area contributed by atoms with E-state index in [2.05, 4.69) is 22.8 Å². The molecule has 1 spiro atoms. The Labute approximate surface area is 217 Å². The first-order chi connectivity index (χ1) is 18.1. The van der Waals surface area contributed by atoms with Gasteiger partial charge in [0.15, 0.2) is 5.65 Å². The van der Waals surface area contributed by atoms with E-state index in [-0.39, 0.29) is 18.2 Å². The van der Waals surface area contributed by atoms with Crippen molar-refractivity contribution < 1.29 is 19.3 Å². The summed E-state index contributed by atoms with van der Waals surface area (Å²) in [5.41, 5.74) is 3.15. The minimum atomic E-state index is -0.101. The number of fused-ring (bicyclic) bond motifs is 1. The highest BCUT2D eigenvalue weighted by molar-refractivity contribution is 5.90. The molecule has 1 atom stereocenters. The van der Waals surface area contributed by atoms with Crippen LogP contribution in [0.25, 0.3) is 22.3 Å². The predicted octanol–water partition coefficient (Wildman–Crippen LogP) is 3.57. The zero-order valence-corrected chi connectivity index (χ0v) is 21.7. The Balaban J connectivity index is 1.40. The van der Waals surface area contributed by atoms with Gasteiger partial charge in [0, 0.05) is 37.4 Å². The van der Waals surface area contributed by atoms with Gasteiger partial charge in [0.05, 0.1) is 49.7 Å². The maximum absolute atomic E-state index is 9.80. The molecule has 3 aliphatic rings. The maximum Gasteiger partial charge on any atom is 0.229 e. The topological polar surface area (TPSA) is 93.1 Å². The number of pyridine rings is 1. The van der Waals surface area contributed by atoms with E-state index in [4.69, 9.17) is 29.2 Å². The quantitative estimate of drug-likeness (QED) is 0.559. The molecule has 0 amide bonds. The predicted molar refractivity (Wildman–Crippen MR) is 142 cm³/mol. The number of hydrogen-bond donors (Lipinski definition) is 1. The van der Waals surface area contributed by atoms with Crippen molar-refractivity contribution in [1.29, 1.82) is 0 Å². The van der Waals surface area contributed by atoms with Crippen LogP contribution in [-0.2, 0) is 16.1 Å². The van der Waals surface area contributed by atoms with Gasteiger partial charge in [0.2, 0.25) is 5.95 Å². The Morgan fingerprint density at radius 3 is 2.65 bits per heavy atom. The highest BCUT2D eigenvalue weighted by Gasteiger charge is 2.39. The third kappa shape index (κ3) is 4.60. The molecule has 5 heterocycles. The number of aliphatic hydroxyl groups is 1. The monoisotopic (exact) mass is 505 g/mol. The van der Waals surface area contributed by atoms with E-state index >= 15 is 0 Å². The largest absolute Gasteiger partial charge is 0.496 e. The molecule has 3 aliphatic heterocycles. The zero-order valence-electron chi connectivity index (χ0n) is 21.7. The van der Waals surface area contributed by atoms with E-state index < -0.39 is 0 Å². The van der Waals surface area contributed by atoms with Gasteiger partial charge < -0.3 is 29.1 Å². The first kappa shape index (κ1) is 24.3. The van der Waals surface area contributed by atoms with Crippen LogP contribution in [0.4, 0.5) is 11.8 Å². The standard InChI is InChI=1S/C28H35N5O4/c1-19-18-36-15-13-33(19)26-22-5-6-23(20-4-7-24(35-2)21(16-20)17-34)29-25(22)30-27(31-26)32-11-9-28(10-12-32)8-3-14-37-28/h4-7,16,19,34H,3,8-15,17-18H2,1-2H3/t19-/m0/s1. The number of anilines is 2. The van der Waals surface area contributed by atoms with Gasteiger partial charge in [-0.05, 0) is 62.9 Å². The van der Waals surface area contributed by atoms with Crippen LogP contribution in [0.5, 0.6) is 5.75 Å². The van der Waals surface area contributed by atoms with Gasteiger partial charge in [-0.25, -0.2) is 4.98 Å². The van der Waals surface area contributed by atoms with Crippen molar-refractivity contribution >= 4 is 22.8 Å². The van der Waals surface area contributed by atoms with Crippen LogP contribution in [0.1, 0.15) is 38.2 Å². The molecule has 3 fully saturated rings. The molecule has 6 rings (SSSR count). The Hall–Kier alpha value is -3.01. The van der Waals surface area contributed by atoms with E-state index in [1.54, 1.807) is 7.11 Å². The van der Waals surface area contributed by atoms with E-state index in [1.807, 2.05) is 24.3 Å². The van der Waals surface area contributed by atoms with Crippen molar-refractivity contribution in [2.24, 2.45) is 0 Å². The fraction of sp³-hybridized carbons (Fsp3) is 0.536. The third-order valence-electron chi connectivity index (χ3n) is 8.06. The zero-order chi connectivity index (χ0) is 25.4. The van der Waals surface area contributed by atoms with Gasteiger partial charge in [0.1, 0.15) is 11.6 Å². The lowest BCUT2D eigenvalue weighted by molar-refractivity contribution is -0.0147. The number of morpholine rings is 1. The number of aromatic nitrogens is 3. The second-order valence-electron chi connectivity index (χ2n) is 10.3. The second-order valence-corrected chi connectivity index (χ2v) is 10.3. The number of benzene rings is 1. The molecule has 0 aliphatic carbocycles. The summed E-state index contributed by atoms with van der Waals surface area (Å²) in [6, 6.07) is 10.0. The molecule has 196 valence electrons. The highest BCUT2D eigenvalue weighted by atomic mass is 16.5. The molecule has 37 heavy (non-hydrogen) atoms. The second kappa shape index (κ2) is 10.0. The average Bonchev–Trinajstić information content (AvgIpc) is 3.40. The first-order valence-electron chi connectivity index (χ1n) is 13.3. The maximum atomic E-state index is 9.80. The number of aliphatic hydroxyl groups excluding tert-OH is 1. The van der Waals surface area contributed by atoms with Crippen molar-refractivity contribution in [2.45, 2.75) is 50.9 Å². The van der Waals surface area contributed by atoms with Crippen molar-refractivity contribution in [1.82, 2.24) is 15.0 Å². The summed E-state index contributed by atoms with van der Waals surface area (Å²) in [4.78, 5) is 19.7. The minimum Gasteiger partial charge on any atom is -0.496 e. The van der Waals surface area contributed by atoms with E-state index in [0.29, 0.717) is 24.6 Å². The summed E-state index contributed by atoms with van der Waals surface area (Å²) >= 11 is 0. The van der Waals surface area contributed by atoms with Gasteiger partial charge in [0.25, 0.3) is 0 Å². The summed E-state index contributed by atoms with van der Waals surface area (Å²) < 4.78 is 17.2. The normalized spacial score (nSPS) is 21.6. The van der Waals surface area contributed by atoms with E-state index in [1.165, 1.54) is 0 Å². The van der Waals surface area contributed by atoms with Crippen LogP contribution < -0.4 is 14.5 Å². The molecule has 2 aromatic heterocycles. The molecule has 9 heteroatoms. The number of nitrogens with zero attached hydrogens (tertiary/aromatic N) is 5. The summed E-state index contributed by atoms with van der Waals surface area (Å²) in [6.45, 7) is 6.83. The molecule has 0 radical (unpaired) electrons. The molecule has 1 aromatic carbocycles. The minimum absolute atomic E-state index is 0.0408. The summed E-state index contributed by atoms with van der Waals surface area (Å²) in [5, 5.41) is 10.7. The summed E-state index contributed by atoms with van der Waals surface area (Å²) in [7, 11) is 1.61. The number of methoxy groups -OCH3 is 1. The van der Waals surface area contributed by atoms with Crippen LogP contribution in [0.2, 0.25) is 0 Å². The highest BCUT2D eigenvalue weighted by Crippen LogP contribution is 2.38. The number of ether oxygens (including phenoxy) is 3. The molecular weight excluding hydrogens is 470 g/mol. The molecule has 0 bridgehead atoms. The summed E-state index contributed by atoms with van der Waals surface area (Å²) in [5.74, 6) is 2.30. The number of hydrogen-bond acceptors (Lipinski definition) is 9. The van der Waals surface area contributed by atoms with Crippen molar-refractivity contribution in [2.75, 3.05) is 56.4 Å². The molecular formula is C28H35N5O4. The lowest BCUT2D eigenvalue weighted by Crippen LogP contribution is -2.46. The Morgan fingerprint density at radius 2 is 1.92 bits per heavy atom. The Morgan fingerprint density at radius 1 is 1.05 bits per heavy atom. The molecule has 3 saturated heterocycles.